The maximum Gasteiger partial charge on any atom is 0.305 e. The minimum atomic E-state index is -0.856. The van der Waals surface area contributed by atoms with Gasteiger partial charge in [0.25, 0.3) is 5.91 Å². The summed E-state index contributed by atoms with van der Waals surface area (Å²) in [6.07, 6.45) is 3.42. The third kappa shape index (κ3) is 2.93. The van der Waals surface area contributed by atoms with E-state index < -0.39 is 11.5 Å². The zero-order valence-electron chi connectivity index (χ0n) is 11.6. The molecule has 1 aliphatic rings. The highest BCUT2D eigenvalue weighted by molar-refractivity contribution is 7.17. The van der Waals surface area contributed by atoms with Gasteiger partial charge in [0.15, 0.2) is 0 Å². The Morgan fingerprint density at radius 2 is 2.00 bits per heavy atom. The van der Waals surface area contributed by atoms with Gasteiger partial charge in [-0.2, -0.15) is 0 Å². The Kier molecular flexibility index (Phi) is 3.68. The molecule has 0 radical (unpaired) electrons. The number of rotatable bonds is 4. The van der Waals surface area contributed by atoms with Gasteiger partial charge in [-0.05, 0) is 47.9 Å². The lowest BCUT2D eigenvalue weighted by molar-refractivity contribution is -0.138. The summed E-state index contributed by atoms with van der Waals surface area (Å²) in [6, 6.07) is 7.59. The molecule has 0 saturated heterocycles. The van der Waals surface area contributed by atoms with Crippen molar-refractivity contribution in [3.05, 3.63) is 35.2 Å². The van der Waals surface area contributed by atoms with Crippen LogP contribution in [0, 0.1) is 0 Å². The second-order valence-electron chi connectivity index (χ2n) is 5.69. The van der Waals surface area contributed by atoms with Crippen molar-refractivity contribution in [2.75, 3.05) is 0 Å². The van der Waals surface area contributed by atoms with Gasteiger partial charge in [-0.25, -0.2) is 0 Å². The first-order valence-corrected chi connectivity index (χ1v) is 7.98. The number of amides is 1. The van der Waals surface area contributed by atoms with Crippen molar-refractivity contribution in [1.29, 1.82) is 0 Å². The molecule has 0 aliphatic heterocycles. The molecule has 21 heavy (non-hydrogen) atoms. The van der Waals surface area contributed by atoms with Crippen molar-refractivity contribution in [1.82, 2.24) is 5.32 Å². The van der Waals surface area contributed by atoms with Gasteiger partial charge in [0.1, 0.15) is 0 Å². The fourth-order valence-electron chi connectivity index (χ4n) is 3.11. The summed E-state index contributed by atoms with van der Waals surface area (Å²) in [5.41, 5.74) is 0.0181. The second-order valence-corrected chi connectivity index (χ2v) is 6.63. The summed E-state index contributed by atoms with van der Waals surface area (Å²) in [5, 5.41) is 15.1. The fraction of sp³-hybridized carbons (Fsp3) is 0.375. The van der Waals surface area contributed by atoms with Crippen LogP contribution < -0.4 is 5.32 Å². The largest absolute Gasteiger partial charge is 0.481 e. The second kappa shape index (κ2) is 5.48. The van der Waals surface area contributed by atoms with Crippen LogP contribution in [0.2, 0.25) is 0 Å². The molecule has 4 nitrogen and oxygen atoms in total. The number of nitrogens with one attached hydrogen (secondary N) is 1. The molecule has 2 aromatic rings. The van der Waals surface area contributed by atoms with Crippen LogP contribution in [-0.2, 0) is 4.79 Å². The zero-order chi connectivity index (χ0) is 14.9. The van der Waals surface area contributed by atoms with Crippen molar-refractivity contribution in [3.63, 3.8) is 0 Å². The van der Waals surface area contributed by atoms with Crippen LogP contribution in [0.15, 0.2) is 29.6 Å². The number of carbonyl (C=O) groups is 2. The number of fused-ring (bicyclic) bond motifs is 1. The van der Waals surface area contributed by atoms with Crippen LogP contribution in [0.1, 0.15) is 42.5 Å². The lowest BCUT2D eigenvalue weighted by Gasteiger charge is -2.28. The van der Waals surface area contributed by atoms with Gasteiger partial charge in [-0.3, -0.25) is 9.59 Å². The monoisotopic (exact) mass is 303 g/mol. The van der Waals surface area contributed by atoms with Crippen LogP contribution >= 0.6 is 11.3 Å². The number of carboxylic acids is 1. The number of benzene rings is 1. The van der Waals surface area contributed by atoms with E-state index in [0.29, 0.717) is 5.56 Å². The Labute approximate surface area is 126 Å². The highest BCUT2D eigenvalue weighted by Gasteiger charge is 2.37. The third-order valence-corrected chi connectivity index (χ3v) is 5.04. The van der Waals surface area contributed by atoms with Crippen molar-refractivity contribution in [2.24, 2.45) is 0 Å². The first-order chi connectivity index (χ1) is 10.1. The van der Waals surface area contributed by atoms with Crippen molar-refractivity contribution in [3.8, 4) is 0 Å². The lowest BCUT2D eigenvalue weighted by atomic mass is 9.92. The van der Waals surface area contributed by atoms with Gasteiger partial charge in [-0.15, -0.1) is 11.3 Å². The third-order valence-electron chi connectivity index (χ3n) is 4.14. The van der Waals surface area contributed by atoms with E-state index >= 15 is 0 Å². The molecule has 1 aromatic heterocycles. The minimum absolute atomic E-state index is 0.000560. The Morgan fingerprint density at radius 1 is 1.24 bits per heavy atom. The SMILES string of the molecule is O=C(O)CC1(NC(=O)c2ccc3sccc3c2)CCCC1. The molecule has 1 aliphatic carbocycles. The van der Waals surface area contributed by atoms with Crippen LogP contribution in [0.25, 0.3) is 10.1 Å². The molecule has 0 bridgehead atoms. The maximum atomic E-state index is 12.5. The molecule has 0 unspecified atom stereocenters. The molecular formula is C16H17NO3S. The normalized spacial score (nSPS) is 17.0. The molecule has 1 fully saturated rings. The van der Waals surface area contributed by atoms with E-state index in [0.717, 1.165) is 35.8 Å². The average Bonchev–Trinajstić information content (AvgIpc) is 3.06. The number of carboxylic acid groups (broad SMARTS) is 1. The van der Waals surface area contributed by atoms with Crippen LogP contribution in [0.3, 0.4) is 0 Å². The Balaban J connectivity index is 1.81. The minimum Gasteiger partial charge on any atom is -0.481 e. The molecule has 1 saturated carbocycles. The summed E-state index contributed by atoms with van der Waals surface area (Å²) in [6.45, 7) is 0. The summed E-state index contributed by atoms with van der Waals surface area (Å²) in [7, 11) is 0. The number of hydrogen-bond donors (Lipinski definition) is 2. The summed E-state index contributed by atoms with van der Waals surface area (Å²) < 4.78 is 1.15. The zero-order valence-corrected chi connectivity index (χ0v) is 12.4. The lowest BCUT2D eigenvalue weighted by Crippen LogP contribution is -2.47. The predicted octanol–water partition coefficient (Wildman–Crippen LogP) is 3.42. The van der Waals surface area contributed by atoms with Crippen LogP contribution in [0.4, 0.5) is 0 Å². The van der Waals surface area contributed by atoms with Gasteiger partial charge in [0.05, 0.1) is 12.0 Å². The smallest absolute Gasteiger partial charge is 0.305 e. The average molecular weight is 303 g/mol. The molecule has 5 heteroatoms. The highest BCUT2D eigenvalue weighted by Crippen LogP contribution is 2.33. The van der Waals surface area contributed by atoms with Crippen LogP contribution in [0.5, 0.6) is 0 Å². The van der Waals surface area contributed by atoms with Crippen molar-refractivity contribution >= 4 is 33.3 Å². The first kappa shape index (κ1) is 14.1. The molecule has 0 spiro atoms. The Hall–Kier alpha value is -1.88. The molecule has 1 amide bonds. The first-order valence-electron chi connectivity index (χ1n) is 7.10. The summed E-state index contributed by atoms with van der Waals surface area (Å²) in [4.78, 5) is 23.5. The summed E-state index contributed by atoms with van der Waals surface area (Å²) in [5.74, 6) is -1.03. The topological polar surface area (TPSA) is 66.4 Å². The molecule has 1 aromatic carbocycles. The Bertz CT molecular complexity index is 686. The summed E-state index contributed by atoms with van der Waals surface area (Å²) >= 11 is 1.64. The van der Waals surface area contributed by atoms with E-state index in [1.165, 1.54) is 0 Å². The van der Waals surface area contributed by atoms with Crippen LogP contribution in [-0.4, -0.2) is 22.5 Å². The highest BCUT2D eigenvalue weighted by atomic mass is 32.1. The number of hydrogen-bond acceptors (Lipinski definition) is 3. The molecule has 0 atom stereocenters. The van der Waals surface area contributed by atoms with E-state index in [1.807, 2.05) is 23.6 Å². The van der Waals surface area contributed by atoms with Gasteiger partial charge < -0.3 is 10.4 Å². The van der Waals surface area contributed by atoms with E-state index in [4.69, 9.17) is 5.11 Å². The number of thiophene rings is 1. The fourth-order valence-corrected chi connectivity index (χ4v) is 3.88. The molecule has 110 valence electrons. The van der Waals surface area contributed by atoms with Crippen molar-refractivity contribution in [2.45, 2.75) is 37.6 Å². The van der Waals surface area contributed by atoms with E-state index in [2.05, 4.69) is 5.32 Å². The molecule has 3 rings (SSSR count). The number of carbonyl (C=O) groups excluding carboxylic acids is 1. The standard InChI is InChI=1S/C16H17NO3S/c18-14(19)10-16(6-1-2-7-16)17-15(20)12-3-4-13-11(9-12)5-8-21-13/h3-5,8-9H,1-2,6-7,10H2,(H,17,20)(H,18,19). The predicted molar refractivity (Wildman–Crippen MR) is 82.7 cm³/mol. The molecule has 1 heterocycles. The number of aliphatic carboxylic acids is 1. The quantitative estimate of drug-likeness (QED) is 0.909. The van der Waals surface area contributed by atoms with Gasteiger partial charge >= 0.3 is 5.97 Å². The van der Waals surface area contributed by atoms with E-state index in [9.17, 15) is 9.59 Å². The molecular weight excluding hydrogens is 286 g/mol. The van der Waals surface area contributed by atoms with E-state index in [-0.39, 0.29) is 12.3 Å². The van der Waals surface area contributed by atoms with Crippen molar-refractivity contribution < 1.29 is 14.7 Å². The molecule has 2 N–H and O–H groups in total. The van der Waals surface area contributed by atoms with Gasteiger partial charge in [0.2, 0.25) is 0 Å². The van der Waals surface area contributed by atoms with Gasteiger partial charge in [0, 0.05) is 10.3 Å². The van der Waals surface area contributed by atoms with E-state index in [1.54, 1.807) is 17.4 Å². The Morgan fingerprint density at radius 3 is 2.71 bits per heavy atom. The maximum absolute atomic E-state index is 12.5. The van der Waals surface area contributed by atoms with Gasteiger partial charge in [-0.1, -0.05) is 12.8 Å².